The lowest BCUT2D eigenvalue weighted by atomic mass is 9.88. The van der Waals surface area contributed by atoms with E-state index in [9.17, 15) is 4.79 Å². The van der Waals surface area contributed by atoms with Crippen molar-refractivity contribution in [1.29, 1.82) is 0 Å². The molecule has 2 heterocycles. The number of nitrogens with zero attached hydrogens (tertiary/aromatic N) is 2. The third-order valence-corrected chi connectivity index (χ3v) is 4.95. The largest absolute Gasteiger partial charge is 0.362 e. The molecule has 108 valence electrons. The Kier molecular flexibility index (Phi) is 3.56. The van der Waals surface area contributed by atoms with Gasteiger partial charge in [0.25, 0.3) is 5.91 Å². The maximum absolute atomic E-state index is 12.0. The summed E-state index contributed by atoms with van der Waals surface area (Å²) in [5, 5.41) is 0. The molecule has 2 aliphatic heterocycles. The van der Waals surface area contributed by atoms with Gasteiger partial charge >= 0.3 is 0 Å². The van der Waals surface area contributed by atoms with Crippen molar-refractivity contribution in [3.05, 3.63) is 0 Å². The molecule has 1 amide bonds. The van der Waals surface area contributed by atoms with Crippen molar-refractivity contribution < 1.29 is 9.53 Å². The molecule has 1 unspecified atom stereocenters. The second-order valence-corrected chi connectivity index (χ2v) is 6.80. The van der Waals surface area contributed by atoms with Gasteiger partial charge in [-0.05, 0) is 44.4 Å². The van der Waals surface area contributed by atoms with Crippen LogP contribution in [0.15, 0.2) is 0 Å². The predicted molar refractivity (Wildman–Crippen MR) is 73.9 cm³/mol. The van der Waals surface area contributed by atoms with Gasteiger partial charge < -0.3 is 14.5 Å². The van der Waals surface area contributed by atoms with E-state index in [1.807, 2.05) is 14.1 Å². The van der Waals surface area contributed by atoms with Gasteiger partial charge in [0.1, 0.15) is 6.10 Å². The van der Waals surface area contributed by atoms with E-state index in [0.717, 1.165) is 44.7 Å². The number of hydrogen-bond acceptors (Lipinski definition) is 3. The van der Waals surface area contributed by atoms with Crippen molar-refractivity contribution in [1.82, 2.24) is 9.80 Å². The first-order valence-electron chi connectivity index (χ1n) is 7.69. The van der Waals surface area contributed by atoms with Crippen molar-refractivity contribution in [2.75, 3.05) is 33.7 Å². The van der Waals surface area contributed by atoms with Gasteiger partial charge in [0.15, 0.2) is 0 Å². The molecule has 0 aromatic heterocycles. The Bertz CT molecular complexity index is 344. The smallest absolute Gasteiger partial charge is 0.251 e. The van der Waals surface area contributed by atoms with Crippen LogP contribution in [0, 0.1) is 5.92 Å². The summed E-state index contributed by atoms with van der Waals surface area (Å²) in [6.07, 6.45) is 6.85. The monoisotopic (exact) mass is 266 g/mol. The quantitative estimate of drug-likeness (QED) is 0.776. The van der Waals surface area contributed by atoms with Gasteiger partial charge in [-0.1, -0.05) is 0 Å². The first kappa shape index (κ1) is 13.4. The molecular formula is C15H26N2O2. The minimum atomic E-state index is -0.190. The van der Waals surface area contributed by atoms with Gasteiger partial charge in [-0.2, -0.15) is 0 Å². The SMILES string of the molecule is CN(C)C(=O)C1CCC2(CCN(CC3CC3)CC2)O1. The molecule has 4 heteroatoms. The molecule has 0 aromatic carbocycles. The number of likely N-dealkylation sites (tertiary alicyclic amines) is 1. The van der Waals surface area contributed by atoms with Gasteiger partial charge in [-0.25, -0.2) is 0 Å². The molecule has 1 spiro atoms. The Morgan fingerprint density at radius 2 is 1.89 bits per heavy atom. The molecule has 3 rings (SSSR count). The van der Waals surface area contributed by atoms with Crippen LogP contribution in [0.5, 0.6) is 0 Å². The van der Waals surface area contributed by atoms with Crippen molar-refractivity contribution >= 4 is 5.91 Å². The summed E-state index contributed by atoms with van der Waals surface area (Å²) in [5.41, 5.74) is 0.0103. The molecule has 0 radical (unpaired) electrons. The third-order valence-electron chi connectivity index (χ3n) is 4.95. The molecule has 1 atom stereocenters. The number of hydrogen-bond donors (Lipinski definition) is 0. The lowest BCUT2D eigenvalue weighted by Crippen LogP contribution is -2.46. The van der Waals surface area contributed by atoms with E-state index < -0.39 is 0 Å². The molecule has 2 saturated heterocycles. The molecule has 0 aromatic rings. The lowest BCUT2D eigenvalue weighted by molar-refractivity contribution is -0.148. The Hall–Kier alpha value is -0.610. The Labute approximate surface area is 116 Å². The molecule has 0 bridgehead atoms. The molecule has 19 heavy (non-hydrogen) atoms. The maximum atomic E-state index is 12.0. The summed E-state index contributed by atoms with van der Waals surface area (Å²) in [6, 6.07) is 0. The predicted octanol–water partition coefficient (Wildman–Crippen LogP) is 1.50. The number of piperidine rings is 1. The van der Waals surface area contributed by atoms with Crippen LogP contribution >= 0.6 is 0 Å². The summed E-state index contributed by atoms with van der Waals surface area (Å²) < 4.78 is 6.16. The lowest BCUT2D eigenvalue weighted by Gasteiger charge is -2.39. The van der Waals surface area contributed by atoms with Crippen molar-refractivity contribution in [3.8, 4) is 0 Å². The van der Waals surface area contributed by atoms with Crippen LogP contribution in [0.3, 0.4) is 0 Å². The summed E-state index contributed by atoms with van der Waals surface area (Å²) in [7, 11) is 3.63. The normalized spacial score (nSPS) is 30.7. The Balaban J connectivity index is 1.51. The van der Waals surface area contributed by atoms with Crippen LogP contribution in [-0.2, 0) is 9.53 Å². The number of ether oxygens (including phenoxy) is 1. The molecule has 1 saturated carbocycles. The zero-order valence-corrected chi connectivity index (χ0v) is 12.2. The van der Waals surface area contributed by atoms with Crippen molar-refractivity contribution in [2.45, 2.75) is 50.2 Å². The third kappa shape index (κ3) is 2.95. The zero-order chi connectivity index (χ0) is 13.5. The molecule has 1 aliphatic carbocycles. The van der Waals surface area contributed by atoms with Crippen LogP contribution in [0.25, 0.3) is 0 Å². The van der Waals surface area contributed by atoms with Crippen molar-refractivity contribution in [3.63, 3.8) is 0 Å². The highest BCUT2D eigenvalue weighted by molar-refractivity contribution is 5.80. The number of carbonyl (C=O) groups is 1. The standard InChI is InChI=1S/C15H26N2O2/c1-16(2)14(18)13-5-6-15(19-13)7-9-17(10-8-15)11-12-3-4-12/h12-13H,3-11H2,1-2H3. The molecule has 4 nitrogen and oxygen atoms in total. The number of carbonyl (C=O) groups excluding carboxylic acids is 1. The van der Waals surface area contributed by atoms with Crippen molar-refractivity contribution in [2.24, 2.45) is 5.92 Å². The fraction of sp³-hybridized carbons (Fsp3) is 0.933. The van der Waals surface area contributed by atoms with Crippen LogP contribution in [0.1, 0.15) is 38.5 Å². The molecule has 3 aliphatic rings. The van der Waals surface area contributed by atoms with Crippen LogP contribution in [0.4, 0.5) is 0 Å². The van der Waals surface area contributed by atoms with E-state index in [1.165, 1.54) is 19.4 Å². The van der Waals surface area contributed by atoms with Gasteiger partial charge in [-0.3, -0.25) is 4.79 Å². The van der Waals surface area contributed by atoms with Crippen LogP contribution in [0.2, 0.25) is 0 Å². The maximum Gasteiger partial charge on any atom is 0.251 e. The summed E-state index contributed by atoms with van der Waals surface area (Å²) in [5.74, 6) is 1.11. The first-order chi connectivity index (χ1) is 9.08. The van der Waals surface area contributed by atoms with Gasteiger partial charge in [0.2, 0.25) is 0 Å². The van der Waals surface area contributed by atoms with E-state index in [-0.39, 0.29) is 17.6 Å². The average Bonchev–Trinajstić information content (AvgIpc) is 3.12. The topological polar surface area (TPSA) is 32.8 Å². The fourth-order valence-corrected chi connectivity index (χ4v) is 3.45. The van der Waals surface area contributed by atoms with Gasteiger partial charge in [0.05, 0.1) is 5.60 Å². The minimum Gasteiger partial charge on any atom is -0.362 e. The van der Waals surface area contributed by atoms with E-state index in [2.05, 4.69) is 4.90 Å². The highest BCUT2D eigenvalue weighted by Gasteiger charge is 2.45. The minimum absolute atomic E-state index is 0.0103. The van der Waals surface area contributed by atoms with Crippen LogP contribution in [-0.4, -0.2) is 61.1 Å². The van der Waals surface area contributed by atoms with Gasteiger partial charge in [0, 0.05) is 33.7 Å². The Morgan fingerprint density at radius 1 is 1.21 bits per heavy atom. The van der Waals surface area contributed by atoms with E-state index in [0.29, 0.717) is 0 Å². The zero-order valence-electron chi connectivity index (χ0n) is 12.2. The summed E-state index contributed by atoms with van der Waals surface area (Å²) >= 11 is 0. The van der Waals surface area contributed by atoms with Gasteiger partial charge in [-0.15, -0.1) is 0 Å². The first-order valence-corrected chi connectivity index (χ1v) is 7.69. The molecule has 0 N–H and O–H groups in total. The fourth-order valence-electron chi connectivity index (χ4n) is 3.45. The number of rotatable bonds is 3. The highest BCUT2D eigenvalue weighted by atomic mass is 16.5. The van der Waals surface area contributed by atoms with E-state index >= 15 is 0 Å². The van der Waals surface area contributed by atoms with E-state index in [1.54, 1.807) is 4.90 Å². The highest BCUT2D eigenvalue weighted by Crippen LogP contribution is 2.40. The molecule has 3 fully saturated rings. The average molecular weight is 266 g/mol. The van der Waals surface area contributed by atoms with Crippen LogP contribution < -0.4 is 0 Å². The Morgan fingerprint density at radius 3 is 2.47 bits per heavy atom. The summed E-state index contributed by atoms with van der Waals surface area (Å²) in [6.45, 7) is 3.59. The second kappa shape index (κ2) is 5.06. The molecular weight excluding hydrogens is 240 g/mol. The number of likely N-dealkylation sites (N-methyl/N-ethyl adjacent to an activating group) is 1. The van der Waals surface area contributed by atoms with E-state index in [4.69, 9.17) is 4.74 Å². The number of amides is 1. The second-order valence-electron chi connectivity index (χ2n) is 6.80. The summed E-state index contributed by atoms with van der Waals surface area (Å²) in [4.78, 5) is 16.2.